The van der Waals surface area contributed by atoms with Crippen molar-refractivity contribution in [3.8, 4) is 0 Å². The normalized spacial score (nSPS) is 11.3. The second kappa shape index (κ2) is 2.73. The van der Waals surface area contributed by atoms with Crippen LogP contribution in [0, 0.1) is 0 Å². The van der Waals surface area contributed by atoms with Crippen LogP contribution in [0.25, 0.3) is 11.0 Å². The number of rotatable bonds is 1. The SMILES string of the molecule is CC(C)n1cnc2cncc(N)c21. The first-order valence-electron chi connectivity index (χ1n) is 4.26. The van der Waals surface area contributed by atoms with Crippen molar-refractivity contribution in [2.24, 2.45) is 0 Å². The van der Waals surface area contributed by atoms with E-state index in [0.717, 1.165) is 11.0 Å². The van der Waals surface area contributed by atoms with Crippen molar-refractivity contribution in [2.45, 2.75) is 19.9 Å². The average Bonchev–Trinajstić information content (AvgIpc) is 2.49. The number of imidazole rings is 1. The minimum absolute atomic E-state index is 0.370. The Labute approximate surface area is 76.4 Å². The zero-order chi connectivity index (χ0) is 9.42. The number of nitrogens with two attached hydrogens (primary N) is 1. The van der Waals surface area contributed by atoms with E-state index < -0.39 is 0 Å². The Hall–Kier alpha value is -1.58. The number of aromatic nitrogens is 3. The number of hydrogen-bond acceptors (Lipinski definition) is 3. The summed E-state index contributed by atoms with van der Waals surface area (Å²) in [5.74, 6) is 0. The molecule has 0 bridgehead atoms. The molecule has 4 heteroatoms. The van der Waals surface area contributed by atoms with E-state index in [0.29, 0.717) is 11.7 Å². The zero-order valence-corrected chi connectivity index (χ0v) is 7.73. The Bertz CT molecular complexity index is 430. The fourth-order valence-corrected chi connectivity index (χ4v) is 1.41. The maximum atomic E-state index is 5.82. The number of fused-ring (bicyclic) bond motifs is 1. The molecule has 0 aliphatic heterocycles. The molecule has 2 heterocycles. The molecule has 2 N–H and O–H groups in total. The van der Waals surface area contributed by atoms with E-state index >= 15 is 0 Å². The quantitative estimate of drug-likeness (QED) is 0.717. The number of nitrogens with zero attached hydrogens (tertiary/aromatic N) is 3. The Balaban J connectivity index is 2.79. The first-order valence-corrected chi connectivity index (χ1v) is 4.26. The lowest BCUT2D eigenvalue weighted by molar-refractivity contribution is 0.618. The van der Waals surface area contributed by atoms with E-state index in [-0.39, 0.29) is 0 Å². The molecule has 2 rings (SSSR count). The summed E-state index contributed by atoms with van der Waals surface area (Å²) in [5.41, 5.74) is 8.33. The molecular formula is C9H12N4. The first kappa shape index (κ1) is 8.04. The van der Waals surface area contributed by atoms with Gasteiger partial charge in [-0.25, -0.2) is 4.98 Å². The lowest BCUT2D eigenvalue weighted by Crippen LogP contribution is -2.00. The molecule has 0 atom stereocenters. The highest BCUT2D eigenvalue weighted by molar-refractivity contribution is 5.86. The highest BCUT2D eigenvalue weighted by Gasteiger charge is 2.07. The summed E-state index contributed by atoms with van der Waals surface area (Å²) in [4.78, 5) is 8.21. The standard InChI is InChI=1S/C9H12N4/c1-6(2)13-5-12-8-4-11-3-7(10)9(8)13/h3-6H,10H2,1-2H3. The molecular weight excluding hydrogens is 164 g/mol. The molecule has 0 radical (unpaired) electrons. The third-order valence-electron chi connectivity index (χ3n) is 2.06. The minimum Gasteiger partial charge on any atom is -0.396 e. The average molecular weight is 176 g/mol. The van der Waals surface area contributed by atoms with Crippen molar-refractivity contribution in [3.05, 3.63) is 18.7 Å². The smallest absolute Gasteiger partial charge is 0.109 e. The Morgan fingerprint density at radius 2 is 2.15 bits per heavy atom. The summed E-state index contributed by atoms with van der Waals surface area (Å²) in [5, 5.41) is 0. The van der Waals surface area contributed by atoms with Gasteiger partial charge < -0.3 is 10.3 Å². The molecule has 0 aromatic carbocycles. The van der Waals surface area contributed by atoms with Gasteiger partial charge in [0.2, 0.25) is 0 Å². The fourth-order valence-electron chi connectivity index (χ4n) is 1.41. The number of pyridine rings is 1. The second-order valence-electron chi connectivity index (χ2n) is 3.34. The topological polar surface area (TPSA) is 56.7 Å². The molecule has 2 aromatic rings. The van der Waals surface area contributed by atoms with Crippen LogP contribution in [-0.4, -0.2) is 14.5 Å². The van der Waals surface area contributed by atoms with Gasteiger partial charge in [-0.2, -0.15) is 0 Å². The molecule has 0 unspecified atom stereocenters. The van der Waals surface area contributed by atoms with E-state index in [9.17, 15) is 0 Å². The van der Waals surface area contributed by atoms with Crippen LogP contribution in [0.5, 0.6) is 0 Å². The summed E-state index contributed by atoms with van der Waals surface area (Å²) >= 11 is 0. The number of hydrogen-bond donors (Lipinski definition) is 1. The predicted octanol–water partition coefficient (Wildman–Crippen LogP) is 1.59. The molecule has 4 nitrogen and oxygen atoms in total. The van der Waals surface area contributed by atoms with Crippen LogP contribution in [0.1, 0.15) is 19.9 Å². The van der Waals surface area contributed by atoms with Gasteiger partial charge in [0, 0.05) is 6.04 Å². The van der Waals surface area contributed by atoms with E-state index in [1.165, 1.54) is 0 Å². The van der Waals surface area contributed by atoms with E-state index in [4.69, 9.17) is 5.73 Å². The maximum Gasteiger partial charge on any atom is 0.109 e. The zero-order valence-electron chi connectivity index (χ0n) is 7.73. The van der Waals surface area contributed by atoms with Crippen molar-refractivity contribution >= 4 is 16.7 Å². The Morgan fingerprint density at radius 3 is 2.85 bits per heavy atom. The molecule has 0 aliphatic rings. The van der Waals surface area contributed by atoms with Crippen LogP contribution < -0.4 is 5.73 Å². The number of nitrogen functional groups attached to an aromatic ring is 1. The highest BCUT2D eigenvalue weighted by atomic mass is 15.1. The van der Waals surface area contributed by atoms with Crippen LogP contribution in [0.3, 0.4) is 0 Å². The van der Waals surface area contributed by atoms with Crippen molar-refractivity contribution < 1.29 is 0 Å². The molecule has 0 spiro atoms. The maximum absolute atomic E-state index is 5.82. The highest BCUT2D eigenvalue weighted by Crippen LogP contribution is 2.21. The largest absolute Gasteiger partial charge is 0.396 e. The molecule has 0 aliphatic carbocycles. The Kier molecular flexibility index (Phi) is 1.69. The Morgan fingerprint density at radius 1 is 1.38 bits per heavy atom. The second-order valence-corrected chi connectivity index (χ2v) is 3.34. The van der Waals surface area contributed by atoms with Gasteiger partial charge in [0.15, 0.2) is 0 Å². The molecule has 0 saturated carbocycles. The van der Waals surface area contributed by atoms with Crippen molar-refractivity contribution in [1.82, 2.24) is 14.5 Å². The van der Waals surface area contributed by atoms with Gasteiger partial charge >= 0.3 is 0 Å². The van der Waals surface area contributed by atoms with Crippen LogP contribution in [0.4, 0.5) is 5.69 Å². The molecule has 13 heavy (non-hydrogen) atoms. The van der Waals surface area contributed by atoms with Gasteiger partial charge in [0.05, 0.1) is 29.9 Å². The molecule has 2 aromatic heterocycles. The van der Waals surface area contributed by atoms with Crippen LogP contribution in [0.15, 0.2) is 18.7 Å². The van der Waals surface area contributed by atoms with Gasteiger partial charge in [-0.1, -0.05) is 0 Å². The lowest BCUT2D eigenvalue weighted by Gasteiger charge is -2.08. The first-order chi connectivity index (χ1) is 6.20. The summed E-state index contributed by atoms with van der Waals surface area (Å²) in [6.07, 6.45) is 5.18. The van der Waals surface area contributed by atoms with Crippen molar-refractivity contribution in [3.63, 3.8) is 0 Å². The van der Waals surface area contributed by atoms with Gasteiger partial charge in [-0.05, 0) is 13.8 Å². The number of anilines is 1. The monoisotopic (exact) mass is 176 g/mol. The van der Waals surface area contributed by atoms with E-state index in [2.05, 4.69) is 23.8 Å². The van der Waals surface area contributed by atoms with Crippen LogP contribution >= 0.6 is 0 Å². The van der Waals surface area contributed by atoms with Gasteiger partial charge in [-0.3, -0.25) is 4.98 Å². The van der Waals surface area contributed by atoms with Crippen LogP contribution in [-0.2, 0) is 0 Å². The van der Waals surface area contributed by atoms with Crippen molar-refractivity contribution in [2.75, 3.05) is 5.73 Å². The third-order valence-corrected chi connectivity index (χ3v) is 2.06. The third kappa shape index (κ3) is 1.14. The van der Waals surface area contributed by atoms with Gasteiger partial charge in [-0.15, -0.1) is 0 Å². The minimum atomic E-state index is 0.370. The van der Waals surface area contributed by atoms with Crippen molar-refractivity contribution in [1.29, 1.82) is 0 Å². The van der Waals surface area contributed by atoms with Gasteiger partial charge in [0.1, 0.15) is 5.52 Å². The van der Waals surface area contributed by atoms with Gasteiger partial charge in [0.25, 0.3) is 0 Å². The summed E-state index contributed by atoms with van der Waals surface area (Å²) in [6.45, 7) is 4.20. The molecule has 0 fully saturated rings. The van der Waals surface area contributed by atoms with E-state index in [1.54, 1.807) is 18.7 Å². The van der Waals surface area contributed by atoms with Crippen LogP contribution in [0.2, 0.25) is 0 Å². The van der Waals surface area contributed by atoms with E-state index in [1.807, 2.05) is 4.57 Å². The molecule has 0 amide bonds. The summed E-state index contributed by atoms with van der Waals surface area (Å²) < 4.78 is 2.05. The summed E-state index contributed by atoms with van der Waals surface area (Å²) in [7, 11) is 0. The lowest BCUT2D eigenvalue weighted by atomic mass is 10.3. The molecule has 68 valence electrons. The predicted molar refractivity (Wildman–Crippen MR) is 52.3 cm³/mol. The molecule has 0 saturated heterocycles. The fraction of sp³-hybridized carbons (Fsp3) is 0.333. The summed E-state index contributed by atoms with van der Waals surface area (Å²) in [6, 6.07) is 0.370.